The highest BCUT2D eigenvalue weighted by Crippen LogP contribution is 2.47. The summed E-state index contributed by atoms with van der Waals surface area (Å²) in [6.07, 6.45) is 30.7. The second kappa shape index (κ2) is 37.1. The highest BCUT2D eigenvalue weighted by atomic mass is 31.2. The third-order valence-electron chi connectivity index (χ3n) is 10.7. The van der Waals surface area contributed by atoms with Crippen molar-refractivity contribution in [3.63, 3.8) is 0 Å². The van der Waals surface area contributed by atoms with E-state index in [1.165, 1.54) is 83.5 Å². The number of phosphoric ester groups is 1. The second-order valence-electron chi connectivity index (χ2n) is 16.2. The topological polar surface area (TPSA) is 192 Å². The van der Waals surface area contributed by atoms with Gasteiger partial charge in [0.2, 0.25) is 0 Å². The van der Waals surface area contributed by atoms with Crippen LogP contribution in [0.5, 0.6) is 0 Å². The average molecular weight is 861 g/mol. The van der Waals surface area contributed by atoms with Gasteiger partial charge in [0.15, 0.2) is 0 Å². The minimum Gasteiger partial charge on any atom is -0.457 e. The number of carbonyl (C=O) groups is 1. The Morgan fingerprint density at radius 2 is 0.949 bits per heavy atom. The molecule has 6 atom stereocenters. The lowest BCUT2D eigenvalue weighted by Gasteiger charge is -2.41. The smallest absolute Gasteiger partial charge is 0.457 e. The number of ether oxygens (including phenoxy) is 2. The molecule has 0 aromatic heterocycles. The minimum absolute atomic E-state index is 0.0834. The highest BCUT2D eigenvalue weighted by molar-refractivity contribution is 7.47. The number of aliphatic hydroxyl groups is 5. The van der Waals surface area contributed by atoms with Crippen molar-refractivity contribution >= 4 is 13.8 Å². The first-order valence-corrected chi connectivity index (χ1v) is 24.8. The van der Waals surface area contributed by atoms with Crippen LogP contribution in [-0.2, 0) is 27.9 Å². The number of aliphatic hydroxyl groups excluding tert-OH is 5. The summed E-state index contributed by atoms with van der Waals surface area (Å²) >= 11 is 0. The van der Waals surface area contributed by atoms with Crippen LogP contribution in [0.3, 0.4) is 0 Å². The van der Waals surface area contributed by atoms with Crippen LogP contribution in [0.1, 0.15) is 187 Å². The van der Waals surface area contributed by atoms with Crippen molar-refractivity contribution in [2.24, 2.45) is 0 Å². The molecule has 13 heteroatoms. The fourth-order valence-corrected chi connectivity index (χ4v) is 7.94. The number of allylic oxidation sites excluding steroid dienone is 6. The van der Waals surface area contributed by atoms with Crippen LogP contribution < -0.4 is 0 Å². The number of unbranched alkanes of at least 4 members (excludes halogenated alkanes) is 21. The molecule has 0 spiro atoms. The van der Waals surface area contributed by atoms with Gasteiger partial charge in [-0.25, -0.2) is 4.57 Å². The fourth-order valence-electron chi connectivity index (χ4n) is 6.97. The summed E-state index contributed by atoms with van der Waals surface area (Å²) in [5.41, 5.74) is 0. The lowest BCUT2D eigenvalue weighted by atomic mass is 9.85. The van der Waals surface area contributed by atoms with Crippen molar-refractivity contribution in [2.75, 3.05) is 19.8 Å². The summed E-state index contributed by atoms with van der Waals surface area (Å²) in [5.74, 6) is -0.489. The second-order valence-corrected chi connectivity index (χ2v) is 17.7. The molecule has 1 aliphatic carbocycles. The summed E-state index contributed by atoms with van der Waals surface area (Å²) < 4.78 is 34.2. The Bertz CT molecular complexity index is 1120. The molecule has 0 saturated heterocycles. The zero-order valence-corrected chi connectivity index (χ0v) is 37.7. The van der Waals surface area contributed by atoms with Gasteiger partial charge in [0.05, 0.1) is 13.2 Å². The average Bonchev–Trinajstić information content (AvgIpc) is 3.22. The molecule has 0 radical (unpaired) electrons. The van der Waals surface area contributed by atoms with Crippen LogP contribution in [0.25, 0.3) is 0 Å². The Morgan fingerprint density at radius 1 is 0.542 bits per heavy atom. The number of rotatable bonds is 39. The summed E-state index contributed by atoms with van der Waals surface area (Å²) in [6, 6.07) is 0. The van der Waals surface area contributed by atoms with Gasteiger partial charge in [0.1, 0.15) is 42.7 Å². The first kappa shape index (κ1) is 55.6. The van der Waals surface area contributed by atoms with Crippen LogP contribution in [0.4, 0.5) is 0 Å². The van der Waals surface area contributed by atoms with Crippen molar-refractivity contribution in [3.05, 3.63) is 36.5 Å². The van der Waals surface area contributed by atoms with Gasteiger partial charge in [-0.15, -0.1) is 0 Å². The maximum atomic E-state index is 12.8. The molecule has 6 unspecified atom stereocenters. The molecule has 346 valence electrons. The minimum atomic E-state index is -5.02. The quantitative estimate of drug-likeness (QED) is 0.0149. The van der Waals surface area contributed by atoms with Gasteiger partial charge in [0.25, 0.3) is 0 Å². The monoisotopic (exact) mass is 861 g/mol. The molecule has 6 N–H and O–H groups in total. The lowest BCUT2D eigenvalue weighted by Crippen LogP contribution is -2.64. The molecule has 0 aromatic rings. The van der Waals surface area contributed by atoms with Gasteiger partial charge in [0, 0.05) is 13.0 Å². The Morgan fingerprint density at radius 3 is 1.44 bits per heavy atom. The Kier molecular flexibility index (Phi) is 35.0. The molecule has 12 nitrogen and oxygen atoms in total. The van der Waals surface area contributed by atoms with Crippen molar-refractivity contribution < 1.29 is 58.3 Å². The van der Waals surface area contributed by atoms with E-state index in [0.29, 0.717) is 13.0 Å². The van der Waals surface area contributed by atoms with E-state index < -0.39 is 63.1 Å². The van der Waals surface area contributed by atoms with Crippen molar-refractivity contribution in [1.82, 2.24) is 0 Å². The first-order chi connectivity index (χ1) is 28.5. The number of hydrogen-bond acceptors (Lipinski definition) is 11. The molecule has 1 saturated carbocycles. The molecule has 0 aliphatic heterocycles. The summed E-state index contributed by atoms with van der Waals surface area (Å²) in [7, 11) is -5.02. The van der Waals surface area contributed by atoms with Crippen LogP contribution >= 0.6 is 7.82 Å². The van der Waals surface area contributed by atoms with E-state index in [9.17, 15) is 39.8 Å². The van der Waals surface area contributed by atoms with E-state index in [1.807, 2.05) is 0 Å². The third-order valence-corrected chi connectivity index (χ3v) is 11.7. The Balaban J connectivity index is 2.39. The standard InChI is InChI=1S/C46H85O12P/c1-3-5-7-9-11-13-15-17-18-19-20-21-22-24-26-28-30-32-34-36-55-37-39(38-56-59(53,54)58-46-44(51)42(49)41(48)43(50)45(46)52)57-40(47)35-33-31-29-27-25-23-16-14-12-10-8-6-4-2/h13-16,18-19,39,41-46,48-52H,3-12,17,20-38H2,1-2H3,(H,53,54)/b15-13-,16-14-,19-18-. The van der Waals surface area contributed by atoms with Gasteiger partial charge < -0.3 is 39.9 Å². The van der Waals surface area contributed by atoms with E-state index in [0.717, 1.165) is 77.0 Å². The molecule has 1 fully saturated rings. The number of esters is 1. The van der Waals surface area contributed by atoms with E-state index in [4.69, 9.17) is 18.5 Å². The first-order valence-electron chi connectivity index (χ1n) is 23.3. The number of hydrogen-bond donors (Lipinski definition) is 6. The number of carbonyl (C=O) groups excluding carboxylic acids is 1. The van der Waals surface area contributed by atoms with Crippen LogP contribution in [0, 0.1) is 0 Å². The summed E-state index contributed by atoms with van der Waals surface area (Å²) in [4.78, 5) is 23.1. The number of phosphoric acid groups is 1. The third kappa shape index (κ3) is 29.5. The van der Waals surface area contributed by atoms with Crippen molar-refractivity contribution in [3.8, 4) is 0 Å². The largest absolute Gasteiger partial charge is 0.472 e. The van der Waals surface area contributed by atoms with E-state index >= 15 is 0 Å². The zero-order chi connectivity index (χ0) is 43.4. The normalized spacial score (nSPS) is 22.8. The molecule has 1 rings (SSSR count). The van der Waals surface area contributed by atoms with Crippen molar-refractivity contribution in [2.45, 2.75) is 230 Å². The maximum Gasteiger partial charge on any atom is 0.472 e. The molecule has 0 bridgehead atoms. The van der Waals surface area contributed by atoms with Crippen LogP contribution in [0.15, 0.2) is 36.5 Å². The molecular weight excluding hydrogens is 775 g/mol. The highest BCUT2D eigenvalue weighted by Gasteiger charge is 2.51. The van der Waals surface area contributed by atoms with E-state index in [-0.39, 0.29) is 13.0 Å². The Labute approximate surface area is 357 Å². The predicted molar refractivity (Wildman–Crippen MR) is 235 cm³/mol. The lowest BCUT2D eigenvalue weighted by molar-refractivity contribution is -0.220. The summed E-state index contributed by atoms with van der Waals surface area (Å²) in [5, 5.41) is 50.2. The molecule has 59 heavy (non-hydrogen) atoms. The molecule has 0 amide bonds. The predicted octanol–water partition coefficient (Wildman–Crippen LogP) is 9.48. The van der Waals surface area contributed by atoms with Gasteiger partial charge in [-0.2, -0.15) is 0 Å². The van der Waals surface area contributed by atoms with E-state index in [2.05, 4.69) is 50.3 Å². The van der Waals surface area contributed by atoms with Gasteiger partial charge in [-0.05, 0) is 70.6 Å². The van der Waals surface area contributed by atoms with Gasteiger partial charge in [-0.1, -0.05) is 147 Å². The maximum absolute atomic E-state index is 12.8. The van der Waals surface area contributed by atoms with Crippen molar-refractivity contribution in [1.29, 1.82) is 0 Å². The van der Waals surface area contributed by atoms with Crippen LogP contribution in [0.2, 0.25) is 0 Å². The fraction of sp³-hybridized carbons (Fsp3) is 0.848. The molecule has 0 heterocycles. The SMILES string of the molecule is CCCCCC/C=C\C/C=C\CCCCCCCCCCOCC(COP(=O)(O)OC1C(O)C(O)C(O)C(O)C1O)OC(=O)CCCCCCC/C=C\CCCCCC. The Hall–Kier alpha value is -1.44. The van der Waals surface area contributed by atoms with Gasteiger partial charge in [-0.3, -0.25) is 13.8 Å². The molecule has 0 aromatic carbocycles. The summed E-state index contributed by atoms with van der Waals surface area (Å²) in [6.45, 7) is 4.20. The zero-order valence-electron chi connectivity index (χ0n) is 36.8. The molecule has 1 aliphatic rings. The molecular formula is C46H85O12P. The van der Waals surface area contributed by atoms with Crippen LogP contribution in [-0.4, -0.2) is 98.9 Å². The van der Waals surface area contributed by atoms with Gasteiger partial charge >= 0.3 is 13.8 Å². The van der Waals surface area contributed by atoms with E-state index in [1.54, 1.807) is 0 Å².